The largest absolute Gasteiger partial charge is 0.484 e. The molecule has 0 N–H and O–H groups in total. The summed E-state index contributed by atoms with van der Waals surface area (Å²) in [5, 5.41) is 3.88. The summed E-state index contributed by atoms with van der Waals surface area (Å²) in [7, 11) is 0. The van der Waals surface area contributed by atoms with Crippen LogP contribution in [0.5, 0.6) is 5.75 Å². The number of hydrogen-bond acceptors (Lipinski definition) is 5. The summed E-state index contributed by atoms with van der Waals surface area (Å²) in [5.41, 5.74) is 1.93. The first-order chi connectivity index (χ1) is 12.7. The van der Waals surface area contributed by atoms with Crippen LogP contribution in [0.3, 0.4) is 0 Å². The molecule has 0 spiro atoms. The maximum atomic E-state index is 12.4. The summed E-state index contributed by atoms with van der Waals surface area (Å²) >= 11 is 0. The van der Waals surface area contributed by atoms with Crippen molar-refractivity contribution in [1.82, 2.24) is 15.0 Å². The summed E-state index contributed by atoms with van der Waals surface area (Å²) in [4.78, 5) is 18.4. The van der Waals surface area contributed by atoms with Crippen LogP contribution in [0.25, 0.3) is 11.4 Å². The van der Waals surface area contributed by atoms with E-state index in [9.17, 15) is 4.79 Å². The minimum Gasteiger partial charge on any atom is -0.484 e. The number of ether oxygens (including phenoxy) is 1. The molecule has 1 heterocycles. The highest BCUT2D eigenvalue weighted by Gasteiger charge is 2.13. The first kappa shape index (κ1) is 17.7. The van der Waals surface area contributed by atoms with Crippen LogP contribution in [-0.4, -0.2) is 34.1 Å². The molecule has 0 atom stereocenters. The number of amides is 1. The van der Waals surface area contributed by atoms with Crippen LogP contribution in [0.1, 0.15) is 18.4 Å². The van der Waals surface area contributed by atoms with Gasteiger partial charge in [0.05, 0.1) is 0 Å². The Kier molecular flexibility index (Phi) is 5.63. The number of rotatable bonds is 7. The van der Waals surface area contributed by atoms with Crippen molar-refractivity contribution in [2.45, 2.75) is 20.4 Å². The Bertz CT molecular complexity index is 844. The lowest BCUT2D eigenvalue weighted by molar-refractivity contribution is -0.133. The molecule has 0 unspecified atom stereocenters. The van der Waals surface area contributed by atoms with E-state index in [1.165, 1.54) is 0 Å². The zero-order valence-electron chi connectivity index (χ0n) is 14.9. The van der Waals surface area contributed by atoms with Gasteiger partial charge in [-0.15, -0.1) is 0 Å². The van der Waals surface area contributed by atoms with Crippen molar-refractivity contribution in [3.8, 4) is 17.1 Å². The number of aromatic nitrogens is 2. The number of likely N-dealkylation sites (N-methyl/N-ethyl adjacent to an activating group) is 1. The third-order valence-electron chi connectivity index (χ3n) is 3.95. The van der Waals surface area contributed by atoms with Gasteiger partial charge < -0.3 is 14.2 Å². The molecular weight excluding hydrogens is 330 g/mol. The Morgan fingerprint density at radius 2 is 1.85 bits per heavy atom. The lowest BCUT2D eigenvalue weighted by Crippen LogP contribution is -2.34. The summed E-state index contributed by atoms with van der Waals surface area (Å²) < 4.78 is 10.6. The topological polar surface area (TPSA) is 68.5 Å². The Morgan fingerprint density at radius 1 is 1.12 bits per heavy atom. The van der Waals surface area contributed by atoms with E-state index in [0.29, 0.717) is 30.6 Å². The standard InChI is InChI=1S/C20H21N3O3/c1-3-23(13-16-7-5-4-6-8-16)19(24)14-25-18-11-9-17(10-12-18)20-21-15(2)26-22-20/h4-12H,3,13-14H2,1-2H3. The fraction of sp³-hybridized carbons (Fsp3) is 0.250. The number of nitrogens with zero attached hydrogens (tertiary/aromatic N) is 3. The van der Waals surface area contributed by atoms with Crippen LogP contribution >= 0.6 is 0 Å². The number of carbonyl (C=O) groups excluding carboxylic acids is 1. The average molecular weight is 351 g/mol. The van der Waals surface area contributed by atoms with Crippen LogP contribution in [-0.2, 0) is 11.3 Å². The number of hydrogen-bond donors (Lipinski definition) is 0. The molecule has 3 rings (SSSR count). The van der Waals surface area contributed by atoms with Crippen LogP contribution < -0.4 is 4.74 Å². The molecule has 0 bridgehead atoms. The molecule has 2 aromatic carbocycles. The van der Waals surface area contributed by atoms with Crippen molar-refractivity contribution in [2.24, 2.45) is 0 Å². The number of benzene rings is 2. The van der Waals surface area contributed by atoms with Gasteiger partial charge in [-0.25, -0.2) is 0 Å². The van der Waals surface area contributed by atoms with Crippen LogP contribution in [0.2, 0.25) is 0 Å². The quantitative estimate of drug-likeness (QED) is 0.652. The Morgan fingerprint density at radius 3 is 2.46 bits per heavy atom. The molecule has 0 aliphatic heterocycles. The van der Waals surface area contributed by atoms with E-state index in [-0.39, 0.29) is 12.5 Å². The van der Waals surface area contributed by atoms with E-state index < -0.39 is 0 Å². The van der Waals surface area contributed by atoms with Gasteiger partial charge in [-0.05, 0) is 36.8 Å². The minimum absolute atomic E-state index is 0.00133. The highest BCUT2D eigenvalue weighted by atomic mass is 16.5. The summed E-state index contributed by atoms with van der Waals surface area (Å²) in [6.45, 7) is 4.92. The second-order valence-corrected chi connectivity index (χ2v) is 5.84. The van der Waals surface area contributed by atoms with Crippen molar-refractivity contribution in [2.75, 3.05) is 13.2 Å². The van der Waals surface area contributed by atoms with Crippen molar-refractivity contribution < 1.29 is 14.1 Å². The Hall–Kier alpha value is -3.15. The molecule has 6 nitrogen and oxygen atoms in total. The van der Waals surface area contributed by atoms with Gasteiger partial charge in [-0.3, -0.25) is 4.79 Å². The van der Waals surface area contributed by atoms with Gasteiger partial charge in [-0.1, -0.05) is 35.5 Å². The van der Waals surface area contributed by atoms with E-state index in [1.54, 1.807) is 24.0 Å². The van der Waals surface area contributed by atoms with Gasteiger partial charge >= 0.3 is 0 Å². The third kappa shape index (κ3) is 4.47. The molecule has 3 aromatic rings. The molecule has 1 aromatic heterocycles. The van der Waals surface area contributed by atoms with Crippen LogP contribution in [0.4, 0.5) is 0 Å². The lowest BCUT2D eigenvalue weighted by Gasteiger charge is -2.21. The molecule has 0 aliphatic rings. The van der Waals surface area contributed by atoms with Gasteiger partial charge in [0.2, 0.25) is 11.7 Å². The molecular formula is C20H21N3O3. The molecule has 0 saturated heterocycles. The molecule has 0 radical (unpaired) electrons. The van der Waals surface area contributed by atoms with E-state index in [0.717, 1.165) is 11.1 Å². The van der Waals surface area contributed by atoms with Crippen molar-refractivity contribution in [1.29, 1.82) is 0 Å². The van der Waals surface area contributed by atoms with Crippen LogP contribution in [0, 0.1) is 6.92 Å². The predicted molar refractivity (Wildman–Crippen MR) is 97.5 cm³/mol. The van der Waals surface area contributed by atoms with Gasteiger partial charge in [0.15, 0.2) is 6.61 Å². The van der Waals surface area contributed by atoms with E-state index in [2.05, 4.69) is 10.1 Å². The molecule has 6 heteroatoms. The number of carbonyl (C=O) groups is 1. The first-order valence-electron chi connectivity index (χ1n) is 8.51. The molecule has 0 saturated carbocycles. The van der Waals surface area contributed by atoms with Crippen molar-refractivity contribution in [3.63, 3.8) is 0 Å². The predicted octanol–water partition coefficient (Wildman–Crippen LogP) is 3.47. The Labute approximate surface area is 152 Å². The first-order valence-corrected chi connectivity index (χ1v) is 8.51. The minimum atomic E-state index is -0.0470. The maximum Gasteiger partial charge on any atom is 0.260 e. The second kappa shape index (κ2) is 8.29. The molecule has 0 fully saturated rings. The van der Waals surface area contributed by atoms with Gasteiger partial charge in [0.25, 0.3) is 5.91 Å². The molecule has 1 amide bonds. The van der Waals surface area contributed by atoms with E-state index in [4.69, 9.17) is 9.26 Å². The smallest absolute Gasteiger partial charge is 0.260 e. The average Bonchev–Trinajstić information content (AvgIpc) is 3.12. The zero-order chi connectivity index (χ0) is 18.4. The third-order valence-corrected chi connectivity index (χ3v) is 3.95. The second-order valence-electron chi connectivity index (χ2n) is 5.84. The summed E-state index contributed by atoms with van der Waals surface area (Å²) in [5.74, 6) is 1.63. The van der Waals surface area contributed by atoms with Crippen LogP contribution in [0.15, 0.2) is 59.1 Å². The monoisotopic (exact) mass is 351 g/mol. The fourth-order valence-corrected chi connectivity index (χ4v) is 2.53. The normalized spacial score (nSPS) is 10.5. The van der Waals surface area contributed by atoms with Crippen molar-refractivity contribution >= 4 is 5.91 Å². The van der Waals surface area contributed by atoms with Gasteiger partial charge in [-0.2, -0.15) is 4.98 Å². The summed E-state index contributed by atoms with van der Waals surface area (Å²) in [6, 6.07) is 17.2. The Balaban J connectivity index is 1.56. The highest BCUT2D eigenvalue weighted by molar-refractivity contribution is 5.77. The van der Waals surface area contributed by atoms with E-state index >= 15 is 0 Å². The van der Waals surface area contributed by atoms with Gasteiger partial charge in [0, 0.05) is 25.6 Å². The fourth-order valence-electron chi connectivity index (χ4n) is 2.53. The molecule has 134 valence electrons. The number of aryl methyl sites for hydroxylation is 1. The summed E-state index contributed by atoms with van der Waals surface area (Å²) in [6.07, 6.45) is 0. The van der Waals surface area contributed by atoms with Crippen molar-refractivity contribution in [3.05, 3.63) is 66.1 Å². The lowest BCUT2D eigenvalue weighted by atomic mass is 10.2. The zero-order valence-corrected chi connectivity index (χ0v) is 14.9. The molecule has 0 aliphatic carbocycles. The highest BCUT2D eigenvalue weighted by Crippen LogP contribution is 2.20. The van der Waals surface area contributed by atoms with E-state index in [1.807, 2.05) is 49.4 Å². The van der Waals surface area contributed by atoms with Gasteiger partial charge in [0.1, 0.15) is 5.75 Å². The molecule has 26 heavy (non-hydrogen) atoms. The SMILES string of the molecule is CCN(Cc1ccccc1)C(=O)COc1ccc(-c2noc(C)n2)cc1. The maximum absolute atomic E-state index is 12.4.